The van der Waals surface area contributed by atoms with E-state index in [4.69, 9.17) is 0 Å². The Morgan fingerprint density at radius 3 is 1.27 bits per heavy atom. The van der Waals surface area contributed by atoms with Gasteiger partial charge in [-0.3, -0.25) is 0 Å². The van der Waals surface area contributed by atoms with Crippen LogP contribution in [0, 0.1) is 11.8 Å². The van der Waals surface area contributed by atoms with Crippen molar-refractivity contribution < 1.29 is 0 Å². The normalized spacial score (nSPS) is 34.0. The van der Waals surface area contributed by atoms with Crippen molar-refractivity contribution in [3.63, 3.8) is 0 Å². The summed E-state index contributed by atoms with van der Waals surface area (Å²) in [5.41, 5.74) is 0.924. The topological polar surface area (TPSA) is 48.1 Å². The summed E-state index contributed by atoms with van der Waals surface area (Å²) in [6.45, 7) is 21.3. The SMILES string of the molecule is CC1(C)CC(NCC2CCCC(CNC3CC(C)(C)NC(C)(C)C3)C2)CC(C)(C)N1. The number of hydrogen-bond donors (Lipinski definition) is 4. The fraction of sp³-hybridized carbons (Fsp3) is 1.00. The maximum absolute atomic E-state index is 3.98. The van der Waals surface area contributed by atoms with E-state index in [1.807, 2.05) is 0 Å². The zero-order chi connectivity index (χ0) is 22.2. The van der Waals surface area contributed by atoms with Gasteiger partial charge in [-0.2, -0.15) is 0 Å². The molecule has 0 bridgehead atoms. The van der Waals surface area contributed by atoms with E-state index in [1.165, 1.54) is 64.5 Å². The Balaban J connectivity index is 1.43. The average Bonchev–Trinajstić information content (AvgIpc) is 2.53. The summed E-state index contributed by atoms with van der Waals surface area (Å²) in [4.78, 5) is 0. The number of nitrogens with one attached hydrogen (secondary N) is 4. The molecule has 2 aliphatic heterocycles. The Hall–Kier alpha value is -0.160. The van der Waals surface area contributed by atoms with Crippen LogP contribution in [-0.2, 0) is 0 Å². The quantitative estimate of drug-likeness (QED) is 0.508. The van der Waals surface area contributed by atoms with Crippen molar-refractivity contribution in [2.24, 2.45) is 11.8 Å². The van der Waals surface area contributed by atoms with E-state index in [2.05, 4.69) is 76.7 Å². The average molecular weight is 421 g/mol. The van der Waals surface area contributed by atoms with Gasteiger partial charge in [-0.05, 0) is 125 Å². The summed E-state index contributed by atoms with van der Waals surface area (Å²) in [7, 11) is 0. The van der Waals surface area contributed by atoms with Crippen molar-refractivity contribution in [3.05, 3.63) is 0 Å². The highest BCUT2D eigenvalue weighted by molar-refractivity contribution is 5.01. The van der Waals surface area contributed by atoms with Crippen LogP contribution in [0.1, 0.15) is 107 Å². The second-order valence-electron chi connectivity index (χ2n) is 13.7. The van der Waals surface area contributed by atoms with Crippen molar-refractivity contribution in [2.45, 2.75) is 141 Å². The molecule has 0 aromatic carbocycles. The van der Waals surface area contributed by atoms with Crippen LogP contribution in [0.5, 0.6) is 0 Å². The molecule has 0 amide bonds. The molecule has 3 aliphatic rings. The molecule has 3 rings (SSSR count). The molecular weight excluding hydrogens is 368 g/mol. The maximum atomic E-state index is 3.98. The van der Waals surface area contributed by atoms with E-state index in [1.54, 1.807) is 0 Å². The molecular formula is C26H52N4. The van der Waals surface area contributed by atoms with Gasteiger partial charge in [0.2, 0.25) is 0 Å². The fourth-order valence-corrected chi connectivity index (χ4v) is 7.37. The monoisotopic (exact) mass is 420 g/mol. The first-order valence-corrected chi connectivity index (χ1v) is 12.8. The molecule has 4 nitrogen and oxygen atoms in total. The molecule has 0 spiro atoms. The third-order valence-corrected chi connectivity index (χ3v) is 7.66. The third-order valence-electron chi connectivity index (χ3n) is 7.66. The van der Waals surface area contributed by atoms with Crippen LogP contribution < -0.4 is 21.3 Å². The highest BCUT2D eigenvalue weighted by Crippen LogP contribution is 2.32. The molecule has 1 saturated carbocycles. The molecule has 1 aliphatic carbocycles. The lowest BCUT2D eigenvalue weighted by molar-refractivity contribution is 0.133. The van der Waals surface area contributed by atoms with Gasteiger partial charge < -0.3 is 21.3 Å². The maximum Gasteiger partial charge on any atom is 0.0144 e. The molecule has 2 atom stereocenters. The standard InChI is InChI=1S/C26H52N4/c1-23(2)13-21(14-24(3,4)29-23)27-17-19-10-9-11-20(12-19)18-28-22-15-25(5,6)30-26(7,8)16-22/h19-22,27-30H,9-18H2,1-8H3. The Labute approximate surface area is 187 Å². The van der Waals surface area contributed by atoms with Crippen LogP contribution in [0.3, 0.4) is 0 Å². The van der Waals surface area contributed by atoms with Crippen LogP contribution in [0.2, 0.25) is 0 Å². The van der Waals surface area contributed by atoms with Gasteiger partial charge in [0.15, 0.2) is 0 Å². The Morgan fingerprint density at radius 1 is 0.600 bits per heavy atom. The second kappa shape index (κ2) is 9.00. The Morgan fingerprint density at radius 2 is 0.933 bits per heavy atom. The van der Waals surface area contributed by atoms with Gasteiger partial charge in [-0.15, -0.1) is 0 Å². The molecule has 0 radical (unpaired) electrons. The minimum Gasteiger partial charge on any atom is -0.314 e. The molecule has 2 saturated heterocycles. The molecule has 2 unspecified atom stereocenters. The van der Waals surface area contributed by atoms with Gasteiger partial charge in [0.05, 0.1) is 0 Å². The van der Waals surface area contributed by atoms with Crippen molar-refractivity contribution in [1.29, 1.82) is 0 Å². The zero-order valence-electron chi connectivity index (χ0n) is 21.4. The largest absolute Gasteiger partial charge is 0.314 e. The zero-order valence-corrected chi connectivity index (χ0v) is 21.4. The van der Waals surface area contributed by atoms with E-state index < -0.39 is 0 Å². The lowest BCUT2D eigenvalue weighted by Crippen LogP contribution is -2.62. The van der Waals surface area contributed by atoms with Gasteiger partial charge in [0.1, 0.15) is 0 Å². The highest BCUT2D eigenvalue weighted by atomic mass is 15.1. The van der Waals surface area contributed by atoms with E-state index in [0.29, 0.717) is 12.1 Å². The molecule has 30 heavy (non-hydrogen) atoms. The summed E-state index contributed by atoms with van der Waals surface area (Å²) in [5.74, 6) is 1.71. The molecule has 176 valence electrons. The fourth-order valence-electron chi connectivity index (χ4n) is 7.37. The summed E-state index contributed by atoms with van der Waals surface area (Å²) in [6, 6.07) is 1.29. The smallest absolute Gasteiger partial charge is 0.0144 e. The highest BCUT2D eigenvalue weighted by Gasteiger charge is 2.39. The number of hydrogen-bond acceptors (Lipinski definition) is 4. The predicted molar refractivity (Wildman–Crippen MR) is 130 cm³/mol. The van der Waals surface area contributed by atoms with Gasteiger partial charge in [-0.25, -0.2) is 0 Å². The van der Waals surface area contributed by atoms with Gasteiger partial charge >= 0.3 is 0 Å². The van der Waals surface area contributed by atoms with Crippen LogP contribution in [0.15, 0.2) is 0 Å². The third kappa shape index (κ3) is 7.46. The Bertz CT molecular complexity index is 485. The summed E-state index contributed by atoms with van der Waals surface area (Å²) in [5, 5.41) is 15.6. The minimum atomic E-state index is 0.231. The van der Waals surface area contributed by atoms with Crippen LogP contribution in [0.4, 0.5) is 0 Å². The molecule has 0 aromatic rings. The lowest BCUT2D eigenvalue weighted by Gasteiger charge is -2.47. The number of rotatable bonds is 6. The first kappa shape index (κ1) is 24.5. The first-order valence-electron chi connectivity index (χ1n) is 12.8. The van der Waals surface area contributed by atoms with E-state index in [0.717, 1.165) is 11.8 Å². The first-order chi connectivity index (χ1) is 13.7. The summed E-state index contributed by atoms with van der Waals surface area (Å²) >= 11 is 0. The molecule has 3 fully saturated rings. The minimum absolute atomic E-state index is 0.231. The van der Waals surface area contributed by atoms with Gasteiger partial charge in [-0.1, -0.05) is 6.42 Å². The van der Waals surface area contributed by atoms with Gasteiger partial charge in [0, 0.05) is 34.2 Å². The number of piperidine rings is 2. The van der Waals surface area contributed by atoms with Crippen LogP contribution in [0.25, 0.3) is 0 Å². The molecule has 2 heterocycles. The summed E-state index contributed by atoms with van der Waals surface area (Å²) < 4.78 is 0. The van der Waals surface area contributed by atoms with Crippen LogP contribution >= 0.6 is 0 Å². The molecule has 4 heteroatoms. The summed E-state index contributed by atoms with van der Waals surface area (Å²) in [6.07, 6.45) is 10.6. The van der Waals surface area contributed by atoms with Crippen molar-refractivity contribution >= 4 is 0 Å². The lowest BCUT2D eigenvalue weighted by atomic mass is 9.77. The van der Waals surface area contributed by atoms with Crippen molar-refractivity contribution in [1.82, 2.24) is 21.3 Å². The van der Waals surface area contributed by atoms with E-state index in [-0.39, 0.29) is 22.2 Å². The van der Waals surface area contributed by atoms with E-state index >= 15 is 0 Å². The molecule has 0 aromatic heterocycles. The van der Waals surface area contributed by atoms with Gasteiger partial charge in [0.25, 0.3) is 0 Å². The van der Waals surface area contributed by atoms with Crippen molar-refractivity contribution in [2.75, 3.05) is 13.1 Å². The van der Waals surface area contributed by atoms with Crippen molar-refractivity contribution in [3.8, 4) is 0 Å². The van der Waals surface area contributed by atoms with Crippen LogP contribution in [-0.4, -0.2) is 47.3 Å². The van der Waals surface area contributed by atoms with E-state index in [9.17, 15) is 0 Å². The molecule has 4 N–H and O–H groups in total. The predicted octanol–water partition coefficient (Wildman–Crippen LogP) is 4.59. The Kier molecular flexibility index (Phi) is 7.34. The second-order valence-corrected chi connectivity index (χ2v) is 13.7.